The van der Waals surface area contributed by atoms with Crippen LogP contribution in [0, 0.1) is 0 Å². The van der Waals surface area contributed by atoms with Crippen molar-refractivity contribution in [3.8, 4) is 0 Å². The largest absolute Gasteiger partial charge is 0.472 e. The normalized spacial score (nSPS) is 15.0. The molecule has 574 valence electrons. The second kappa shape index (κ2) is 74.6. The zero-order chi connectivity index (χ0) is 73.7. The first-order valence-corrected chi connectivity index (χ1v) is 41.4. The summed E-state index contributed by atoms with van der Waals surface area (Å²) in [5.41, 5.74) is 0. The third-order valence-corrected chi connectivity index (χ3v) is 17.3. The Hall–Kier alpha value is -5.09. The quantitative estimate of drug-likeness (QED) is 0.0146. The van der Waals surface area contributed by atoms with E-state index in [4.69, 9.17) is 32.3 Å². The number of rotatable bonds is 71. The van der Waals surface area contributed by atoms with Gasteiger partial charge in [-0.2, -0.15) is 0 Å². The lowest BCUT2D eigenvalue weighted by atomic mass is 10.0. The molecule has 5 unspecified atom stereocenters. The molecule has 0 aromatic carbocycles. The van der Waals surface area contributed by atoms with Gasteiger partial charge in [0.05, 0.1) is 26.4 Å². The summed E-state index contributed by atoms with van der Waals surface area (Å²) < 4.78 is 61.0. The molecule has 5 atom stereocenters. The van der Waals surface area contributed by atoms with Crippen LogP contribution in [0.2, 0.25) is 0 Å². The van der Waals surface area contributed by atoms with Crippen LogP contribution < -0.4 is 0 Å². The van der Waals surface area contributed by atoms with Gasteiger partial charge in [0.15, 0.2) is 6.10 Å². The Morgan fingerprint density at radius 1 is 0.287 bits per heavy atom. The molecule has 0 amide bonds. The lowest BCUT2D eigenvalue weighted by Crippen LogP contribution is -2.30. The summed E-state index contributed by atoms with van der Waals surface area (Å²) in [4.78, 5) is 58.6. The monoisotopic (exact) mass is 1450 g/mol. The highest BCUT2D eigenvalue weighted by Gasteiger charge is 2.29. The second-order valence-electron chi connectivity index (χ2n) is 25.0. The summed E-state index contributed by atoms with van der Waals surface area (Å²) in [7, 11) is -9.82. The minimum atomic E-state index is -4.96. The number of phosphoric acid groups is 2. The van der Waals surface area contributed by atoms with Gasteiger partial charge in [0.1, 0.15) is 25.4 Å². The van der Waals surface area contributed by atoms with E-state index in [0.29, 0.717) is 19.3 Å². The fraction of sp³-hybridized carbons (Fsp3) is 0.627. The maximum absolute atomic E-state index is 13.0. The summed E-state index contributed by atoms with van der Waals surface area (Å²) in [5, 5.41) is 20.6. The fourth-order valence-corrected chi connectivity index (χ4v) is 11.2. The van der Waals surface area contributed by atoms with Gasteiger partial charge >= 0.3 is 33.6 Å². The second-order valence-corrected chi connectivity index (χ2v) is 27.9. The molecule has 0 spiro atoms. The fourth-order valence-electron chi connectivity index (χ4n) is 9.61. The molecule has 0 aliphatic rings. The zero-order valence-corrected chi connectivity index (χ0v) is 64.3. The van der Waals surface area contributed by atoms with Crippen molar-refractivity contribution in [2.45, 2.75) is 296 Å². The third-order valence-electron chi connectivity index (χ3n) is 15.4. The van der Waals surface area contributed by atoms with Crippen molar-refractivity contribution in [2.75, 3.05) is 39.6 Å². The van der Waals surface area contributed by atoms with Crippen molar-refractivity contribution >= 4 is 33.6 Å². The van der Waals surface area contributed by atoms with E-state index in [1.54, 1.807) is 0 Å². The molecule has 0 saturated carbocycles. The number of esters is 3. The lowest BCUT2D eigenvalue weighted by molar-refractivity contribution is -0.161. The molecule has 0 bridgehead atoms. The molecule has 0 rings (SSSR count). The number of hydrogen-bond acceptors (Lipinski definition) is 14. The number of unbranched alkanes of at least 4 members (excludes halogenated alkanes) is 20. The van der Waals surface area contributed by atoms with E-state index in [1.165, 1.54) is 70.6 Å². The average molecular weight is 1450 g/mol. The molecule has 101 heavy (non-hydrogen) atoms. The molecular formula is C83H136O16P2. The van der Waals surface area contributed by atoms with E-state index in [0.717, 1.165) is 148 Å². The Bertz CT molecular complexity index is 2520. The van der Waals surface area contributed by atoms with Gasteiger partial charge in [-0.25, -0.2) is 9.13 Å². The predicted molar refractivity (Wildman–Crippen MR) is 417 cm³/mol. The first kappa shape index (κ1) is 95.9. The number of hydrogen-bond donors (Lipinski definition) is 4. The number of aliphatic hydroxyl groups excluding tert-OH is 2. The van der Waals surface area contributed by atoms with E-state index in [-0.39, 0.29) is 19.3 Å². The van der Waals surface area contributed by atoms with Crippen LogP contribution in [0.3, 0.4) is 0 Å². The number of aliphatic hydroxyl groups is 2. The van der Waals surface area contributed by atoms with Gasteiger partial charge in [0, 0.05) is 19.3 Å². The Morgan fingerprint density at radius 3 is 0.851 bits per heavy atom. The highest BCUT2D eigenvalue weighted by Crippen LogP contribution is 2.45. The maximum atomic E-state index is 13.0. The van der Waals surface area contributed by atoms with E-state index in [1.807, 2.05) is 0 Å². The Morgan fingerprint density at radius 2 is 0.525 bits per heavy atom. The van der Waals surface area contributed by atoms with Gasteiger partial charge in [0.2, 0.25) is 0 Å². The van der Waals surface area contributed by atoms with Gasteiger partial charge in [-0.05, 0) is 154 Å². The smallest absolute Gasteiger partial charge is 0.463 e. The summed E-state index contributed by atoms with van der Waals surface area (Å²) in [6.07, 6.45) is 94.0. The number of phosphoric ester groups is 2. The first-order chi connectivity index (χ1) is 49.2. The van der Waals surface area contributed by atoms with Crippen molar-refractivity contribution in [2.24, 2.45) is 0 Å². The van der Waals surface area contributed by atoms with Crippen LogP contribution in [0.5, 0.6) is 0 Å². The minimum absolute atomic E-state index is 0.0598. The highest BCUT2D eigenvalue weighted by atomic mass is 31.2. The summed E-state index contributed by atoms with van der Waals surface area (Å²) in [6, 6.07) is 0. The van der Waals surface area contributed by atoms with Gasteiger partial charge < -0.3 is 34.2 Å². The van der Waals surface area contributed by atoms with E-state index in [9.17, 15) is 43.5 Å². The van der Waals surface area contributed by atoms with Gasteiger partial charge in [0.25, 0.3) is 0 Å². The van der Waals surface area contributed by atoms with Crippen LogP contribution in [-0.2, 0) is 55.8 Å². The molecule has 0 fully saturated rings. The SMILES string of the molecule is CC/C=C\C/C=C\C/C=C\C/C=C\C/C=C\C/C=C\CCCCC(=O)OCC(COP(=O)(O)OCC(O)COP(=O)(O)OCC(O)COC(=O)CCCCCCCCCCCCC/C=C\C/C=C\C/C=C\C/C=C\CCCCC)OC(=O)CCCCCC/C=C\C/C=C\C/C=C\C/C=C\CC. The molecule has 0 radical (unpaired) electrons. The van der Waals surface area contributed by atoms with Crippen LogP contribution in [0.15, 0.2) is 170 Å². The summed E-state index contributed by atoms with van der Waals surface area (Å²) >= 11 is 0. The number of carbonyl (C=O) groups excluding carboxylic acids is 3. The van der Waals surface area contributed by atoms with Crippen LogP contribution in [0.4, 0.5) is 0 Å². The Balaban J connectivity index is 4.67. The Kier molecular flexibility index (Phi) is 70.9. The molecule has 4 N–H and O–H groups in total. The van der Waals surface area contributed by atoms with Crippen molar-refractivity contribution in [3.05, 3.63) is 170 Å². The summed E-state index contributed by atoms with van der Waals surface area (Å²) in [6.45, 7) is 2.32. The predicted octanol–water partition coefficient (Wildman–Crippen LogP) is 22.4. The van der Waals surface area contributed by atoms with Crippen LogP contribution in [-0.4, -0.2) is 95.9 Å². The molecule has 0 aliphatic carbocycles. The molecule has 0 aromatic heterocycles. The van der Waals surface area contributed by atoms with Crippen LogP contribution >= 0.6 is 15.6 Å². The summed E-state index contributed by atoms with van der Waals surface area (Å²) in [5.74, 6) is -1.67. The van der Waals surface area contributed by atoms with E-state index >= 15 is 0 Å². The standard InChI is InChI=1S/C83H136O16P2/c1-4-7-10-13-16-19-22-25-28-31-33-35-36-37-38-39-40-42-44-46-48-51-54-57-60-63-66-69-81(86)93-72-78(84)73-95-100(89,90)96-74-79(85)75-97-101(91,92)98-77-80(99-83(88)71-68-65-62-59-56-53-50-45-30-27-24-21-18-15-12-9-6-3)76-94-82(87)70-67-64-61-58-55-52-49-47-43-41-34-32-29-26-23-20-17-14-11-8-5-2/h8-9,11-12,16-21,25-30,33-35,37-38,41,47,49-50,53,55,58,78-80,84-85H,4-7,10,13-15,22-24,31-32,36,39-40,42-46,48,51-52,54,56-57,59-77H2,1-3H3,(H,89,90)(H,91,92)/b11-8-,12-9-,19-16-,20-17-,21-18-,28-25-,29-26-,30-27-,35-33-,38-37-,41-34-,49-47-,53-50-,58-55-. The van der Waals surface area contributed by atoms with Gasteiger partial charge in [-0.1, -0.05) is 274 Å². The molecule has 0 saturated heterocycles. The van der Waals surface area contributed by atoms with Gasteiger partial charge in [-0.3, -0.25) is 32.5 Å². The molecule has 0 aromatic rings. The third kappa shape index (κ3) is 75.9. The minimum Gasteiger partial charge on any atom is -0.463 e. The highest BCUT2D eigenvalue weighted by molar-refractivity contribution is 7.47. The molecule has 0 heterocycles. The van der Waals surface area contributed by atoms with E-state index in [2.05, 4.69) is 191 Å². The molecular weight excluding hydrogens is 1310 g/mol. The van der Waals surface area contributed by atoms with Crippen LogP contribution in [0.1, 0.15) is 278 Å². The first-order valence-electron chi connectivity index (χ1n) is 38.4. The zero-order valence-electron chi connectivity index (χ0n) is 62.5. The van der Waals surface area contributed by atoms with Crippen molar-refractivity contribution < 1.29 is 75.8 Å². The van der Waals surface area contributed by atoms with Crippen LogP contribution in [0.25, 0.3) is 0 Å². The Labute approximate surface area is 612 Å². The van der Waals surface area contributed by atoms with E-state index < -0.39 is 91.5 Å². The topological polar surface area (TPSA) is 231 Å². The van der Waals surface area contributed by atoms with Gasteiger partial charge in [-0.15, -0.1) is 0 Å². The molecule has 0 aliphatic heterocycles. The number of carbonyl (C=O) groups is 3. The molecule has 18 heteroatoms. The maximum Gasteiger partial charge on any atom is 0.472 e. The van der Waals surface area contributed by atoms with Crippen molar-refractivity contribution in [1.82, 2.24) is 0 Å². The average Bonchev–Trinajstić information content (AvgIpc) is 0.961. The van der Waals surface area contributed by atoms with Crippen molar-refractivity contribution in [1.29, 1.82) is 0 Å². The lowest BCUT2D eigenvalue weighted by Gasteiger charge is -2.21. The van der Waals surface area contributed by atoms with Crippen molar-refractivity contribution in [3.63, 3.8) is 0 Å². The molecule has 16 nitrogen and oxygen atoms in total. The number of allylic oxidation sites excluding steroid dienone is 28. The number of ether oxygens (including phenoxy) is 3.